The molecule has 0 saturated carbocycles. The van der Waals surface area contributed by atoms with Gasteiger partial charge in [-0.3, -0.25) is 4.99 Å². The first-order chi connectivity index (χ1) is 10.2. The van der Waals surface area contributed by atoms with Gasteiger partial charge in [-0.05, 0) is 31.5 Å². The topological polar surface area (TPSA) is 46.1 Å². The molecule has 1 aromatic rings. The lowest BCUT2D eigenvalue weighted by molar-refractivity contribution is 0.207. The van der Waals surface area contributed by atoms with Gasteiger partial charge in [0.05, 0.1) is 19.8 Å². The lowest BCUT2D eigenvalue weighted by atomic mass is 10.2. The molecular weight excluding hydrogens is 393 g/mol. The van der Waals surface area contributed by atoms with Crippen molar-refractivity contribution in [1.82, 2.24) is 10.2 Å². The van der Waals surface area contributed by atoms with Gasteiger partial charge >= 0.3 is 0 Å². The molecule has 0 fully saturated rings. The van der Waals surface area contributed by atoms with Gasteiger partial charge in [0, 0.05) is 27.2 Å². The molecule has 0 aliphatic heterocycles. The van der Waals surface area contributed by atoms with E-state index >= 15 is 0 Å². The molecule has 0 aliphatic carbocycles. The van der Waals surface area contributed by atoms with Gasteiger partial charge in [0.2, 0.25) is 0 Å². The molecule has 0 unspecified atom stereocenters. The van der Waals surface area contributed by atoms with Gasteiger partial charge < -0.3 is 19.7 Å². The van der Waals surface area contributed by atoms with Crippen LogP contribution in [0.5, 0.6) is 5.75 Å². The van der Waals surface area contributed by atoms with Crippen LogP contribution in [0.3, 0.4) is 0 Å². The van der Waals surface area contributed by atoms with Crippen LogP contribution in [-0.2, 0) is 11.3 Å². The first-order valence-electron chi connectivity index (χ1n) is 7.41. The number of halogens is 1. The van der Waals surface area contributed by atoms with Crippen molar-refractivity contribution in [2.45, 2.75) is 20.4 Å². The molecule has 0 spiro atoms. The highest BCUT2D eigenvalue weighted by Crippen LogP contribution is 2.13. The zero-order chi connectivity index (χ0) is 15.5. The fraction of sp³-hybridized carbons (Fsp3) is 0.562. The van der Waals surface area contributed by atoms with E-state index in [0.29, 0.717) is 19.8 Å². The van der Waals surface area contributed by atoms with Crippen LogP contribution in [0.2, 0.25) is 0 Å². The summed E-state index contributed by atoms with van der Waals surface area (Å²) in [7, 11) is 3.72. The predicted octanol–water partition coefficient (Wildman–Crippen LogP) is 2.75. The Labute approximate surface area is 151 Å². The molecule has 22 heavy (non-hydrogen) atoms. The third-order valence-electron chi connectivity index (χ3n) is 2.91. The predicted molar refractivity (Wildman–Crippen MR) is 102 cm³/mol. The lowest BCUT2D eigenvalue weighted by Gasteiger charge is -2.22. The Morgan fingerprint density at radius 1 is 1.23 bits per heavy atom. The number of hydrogen-bond acceptors (Lipinski definition) is 3. The molecule has 0 atom stereocenters. The summed E-state index contributed by atoms with van der Waals surface area (Å²) in [6.45, 7) is 7.68. The second kappa shape index (κ2) is 12.5. The summed E-state index contributed by atoms with van der Waals surface area (Å²) in [5, 5.41) is 3.29. The zero-order valence-electron chi connectivity index (χ0n) is 14.0. The smallest absolute Gasteiger partial charge is 0.194 e. The van der Waals surface area contributed by atoms with Gasteiger partial charge in [-0.2, -0.15) is 0 Å². The van der Waals surface area contributed by atoms with Gasteiger partial charge in [0.25, 0.3) is 0 Å². The van der Waals surface area contributed by atoms with Gasteiger partial charge in [0.15, 0.2) is 5.96 Å². The number of aliphatic imine (C=N–C) groups is 1. The Bertz CT molecular complexity index is 424. The molecule has 1 rings (SSSR count). The molecule has 0 aromatic heterocycles. The van der Waals surface area contributed by atoms with Crippen LogP contribution in [0.25, 0.3) is 0 Å². The fourth-order valence-electron chi connectivity index (χ4n) is 1.92. The third kappa shape index (κ3) is 7.84. The molecule has 0 bridgehead atoms. The molecule has 0 amide bonds. The van der Waals surface area contributed by atoms with Crippen LogP contribution < -0.4 is 10.1 Å². The minimum atomic E-state index is 0. The molecule has 0 radical (unpaired) electrons. The van der Waals surface area contributed by atoms with E-state index in [1.165, 1.54) is 5.56 Å². The second-order valence-electron chi connectivity index (χ2n) is 4.66. The Balaban J connectivity index is 0.00000441. The summed E-state index contributed by atoms with van der Waals surface area (Å²) < 4.78 is 10.5. The molecule has 1 aromatic carbocycles. The Kier molecular flexibility index (Phi) is 11.9. The van der Waals surface area contributed by atoms with Crippen LogP contribution >= 0.6 is 24.0 Å². The first-order valence-corrected chi connectivity index (χ1v) is 7.41. The summed E-state index contributed by atoms with van der Waals surface area (Å²) in [6, 6.07) is 8.17. The number of rotatable bonds is 8. The molecule has 0 heterocycles. The number of nitrogens with one attached hydrogen (secondary N) is 1. The Hall–Kier alpha value is -1.02. The van der Waals surface area contributed by atoms with Crippen molar-refractivity contribution in [2.75, 3.05) is 40.5 Å². The molecule has 5 nitrogen and oxygen atoms in total. The van der Waals surface area contributed by atoms with Crippen molar-refractivity contribution in [2.24, 2.45) is 4.99 Å². The lowest BCUT2D eigenvalue weighted by Crippen LogP contribution is -2.38. The van der Waals surface area contributed by atoms with Gasteiger partial charge in [-0.25, -0.2) is 0 Å². The molecule has 0 aliphatic rings. The van der Waals surface area contributed by atoms with Crippen molar-refractivity contribution in [3.8, 4) is 5.75 Å². The SMILES string of the molecule is CCNC(=NCCOC)N(C)Cc1ccc(OCC)cc1.I. The minimum Gasteiger partial charge on any atom is -0.494 e. The standard InChI is InChI=1S/C16H27N3O2.HI/c1-5-17-16(18-11-12-20-4)19(3)13-14-7-9-15(10-8-14)21-6-2;/h7-10H,5-6,11-13H2,1-4H3,(H,17,18);1H. The largest absolute Gasteiger partial charge is 0.494 e. The highest BCUT2D eigenvalue weighted by atomic mass is 127. The summed E-state index contributed by atoms with van der Waals surface area (Å²) >= 11 is 0. The van der Waals surface area contributed by atoms with Crippen LogP contribution in [0.15, 0.2) is 29.3 Å². The molecule has 126 valence electrons. The maximum Gasteiger partial charge on any atom is 0.194 e. The highest BCUT2D eigenvalue weighted by Gasteiger charge is 2.06. The Morgan fingerprint density at radius 3 is 2.45 bits per heavy atom. The monoisotopic (exact) mass is 421 g/mol. The van der Waals surface area contributed by atoms with E-state index in [9.17, 15) is 0 Å². The Morgan fingerprint density at radius 2 is 1.91 bits per heavy atom. The van der Waals surface area contributed by atoms with Gasteiger partial charge in [-0.1, -0.05) is 12.1 Å². The van der Waals surface area contributed by atoms with E-state index in [0.717, 1.165) is 24.8 Å². The number of guanidine groups is 1. The van der Waals surface area contributed by atoms with Crippen LogP contribution in [-0.4, -0.2) is 51.3 Å². The van der Waals surface area contributed by atoms with E-state index in [4.69, 9.17) is 9.47 Å². The van der Waals surface area contributed by atoms with E-state index in [1.54, 1.807) is 7.11 Å². The number of hydrogen-bond donors (Lipinski definition) is 1. The van der Waals surface area contributed by atoms with E-state index in [1.807, 2.05) is 26.1 Å². The molecule has 6 heteroatoms. The maximum atomic E-state index is 5.45. The van der Waals surface area contributed by atoms with Gasteiger partial charge in [-0.15, -0.1) is 24.0 Å². The number of methoxy groups -OCH3 is 1. The minimum absolute atomic E-state index is 0. The third-order valence-corrected chi connectivity index (χ3v) is 2.91. The highest BCUT2D eigenvalue weighted by molar-refractivity contribution is 14.0. The molecule has 1 N–H and O–H groups in total. The zero-order valence-corrected chi connectivity index (χ0v) is 16.3. The summed E-state index contributed by atoms with van der Waals surface area (Å²) in [6.07, 6.45) is 0. The van der Waals surface area contributed by atoms with Crippen molar-refractivity contribution < 1.29 is 9.47 Å². The maximum absolute atomic E-state index is 5.45. The quantitative estimate of drug-likeness (QED) is 0.304. The number of benzene rings is 1. The van der Waals surface area contributed by atoms with Crippen molar-refractivity contribution >= 4 is 29.9 Å². The van der Waals surface area contributed by atoms with E-state index in [2.05, 4.69) is 34.3 Å². The van der Waals surface area contributed by atoms with Crippen molar-refractivity contribution in [3.05, 3.63) is 29.8 Å². The van der Waals surface area contributed by atoms with Crippen LogP contribution in [0.4, 0.5) is 0 Å². The van der Waals surface area contributed by atoms with Crippen LogP contribution in [0.1, 0.15) is 19.4 Å². The van der Waals surface area contributed by atoms with Crippen molar-refractivity contribution in [1.29, 1.82) is 0 Å². The number of ether oxygens (including phenoxy) is 2. The van der Waals surface area contributed by atoms with Gasteiger partial charge in [0.1, 0.15) is 5.75 Å². The van der Waals surface area contributed by atoms with Crippen molar-refractivity contribution in [3.63, 3.8) is 0 Å². The normalized spacial score (nSPS) is 10.8. The second-order valence-corrected chi connectivity index (χ2v) is 4.66. The van der Waals surface area contributed by atoms with E-state index in [-0.39, 0.29) is 24.0 Å². The molecular formula is C16H28IN3O2. The average molecular weight is 421 g/mol. The number of nitrogens with zero attached hydrogens (tertiary/aromatic N) is 2. The fourth-order valence-corrected chi connectivity index (χ4v) is 1.92. The van der Waals surface area contributed by atoms with Crippen LogP contribution in [0, 0.1) is 0 Å². The summed E-state index contributed by atoms with van der Waals surface area (Å²) in [5.41, 5.74) is 1.22. The summed E-state index contributed by atoms with van der Waals surface area (Å²) in [5.74, 6) is 1.80. The van der Waals surface area contributed by atoms with E-state index < -0.39 is 0 Å². The summed E-state index contributed by atoms with van der Waals surface area (Å²) in [4.78, 5) is 6.63. The average Bonchev–Trinajstić information content (AvgIpc) is 2.49. The molecule has 0 saturated heterocycles. The first kappa shape index (κ1) is 21.0.